The van der Waals surface area contributed by atoms with Crippen molar-refractivity contribution < 1.29 is 18.3 Å². The number of pyridine rings is 1. The molecule has 0 fully saturated rings. The lowest BCUT2D eigenvalue weighted by atomic mass is 10.2. The molecule has 18 heavy (non-hydrogen) atoms. The van der Waals surface area contributed by atoms with Gasteiger partial charge in [-0.1, -0.05) is 0 Å². The van der Waals surface area contributed by atoms with Crippen molar-refractivity contribution in [1.82, 2.24) is 4.98 Å². The van der Waals surface area contributed by atoms with Gasteiger partial charge < -0.3 is 10.4 Å². The molecule has 1 aromatic heterocycles. The van der Waals surface area contributed by atoms with E-state index in [1.165, 1.54) is 12.3 Å². The van der Waals surface area contributed by atoms with Crippen molar-refractivity contribution in [2.45, 2.75) is 6.54 Å². The van der Waals surface area contributed by atoms with Gasteiger partial charge >= 0.3 is 0 Å². The topological polar surface area (TPSA) is 45.1 Å². The first kappa shape index (κ1) is 12.2. The smallest absolute Gasteiger partial charge is 0.194 e. The fraction of sp³-hybridized carbons (Fsp3) is 0.0833. The maximum Gasteiger partial charge on any atom is 0.194 e. The Balaban J connectivity index is 2.08. The minimum atomic E-state index is -1.50. The zero-order valence-electron chi connectivity index (χ0n) is 9.12. The summed E-state index contributed by atoms with van der Waals surface area (Å²) >= 11 is 0. The summed E-state index contributed by atoms with van der Waals surface area (Å²) < 4.78 is 38.5. The Kier molecular flexibility index (Phi) is 3.36. The third kappa shape index (κ3) is 2.71. The Bertz CT molecular complexity index is 535. The summed E-state index contributed by atoms with van der Waals surface area (Å²) in [6, 6.07) is 4.71. The highest BCUT2D eigenvalue weighted by Crippen LogP contribution is 2.18. The molecule has 0 atom stereocenters. The molecule has 0 saturated heterocycles. The van der Waals surface area contributed by atoms with Crippen LogP contribution in [0.15, 0.2) is 30.5 Å². The van der Waals surface area contributed by atoms with E-state index in [0.717, 1.165) is 12.1 Å². The van der Waals surface area contributed by atoms with E-state index < -0.39 is 17.5 Å². The van der Waals surface area contributed by atoms with Crippen LogP contribution in [0, 0.1) is 17.5 Å². The average Bonchev–Trinajstić information content (AvgIpc) is 2.35. The zero-order valence-corrected chi connectivity index (χ0v) is 9.12. The van der Waals surface area contributed by atoms with E-state index in [-0.39, 0.29) is 18.0 Å². The second-order valence-electron chi connectivity index (χ2n) is 3.62. The van der Waals surface area contributed by atoms with Gasteiger partial charge in [-0.25, -0.2) is 13.2 Å². The van der Waals surface area contributed by atoms with Gasteiger partial charge in [0.05, 0.1) is 18.4 Å². The van der Waals surface area contributed by atoms with Crippen LogP contribution in [0.5, 0.6) is 5.75 Å². The molecular weight excluding hydrogens is 245 g/mol. The van der Waals surface area contributed by atoms with E-state index in [2.05, 4.69) is 10.3 Å². The fourth-order valence-electron chi connectivity index (χ4n) is 1.37. The number of benzene rings is 1. The predicted octanol–water partition coefficient (Wildman–Crippen LogP) is 2.82. The minimum absolute atomic E-state index is 0.0256. The van der Waals surface area contributed by atoms with Crippen molar-refractivity contribution in [2.75, 3.05) is 5.32 Å². The molecule has 0 unspecified atom stereocenters. The molecule has 2 N–H and O–H groups in total. The van der Waals surface area contributed by atoms with E-state index in [0.29, 0.717) is 5.69 Å². The monoisotopic (exact) mass is 254 g/mol. The Labute approximate surface area is 101 Å². The summed E-state index contributed by atoms with van der Waals surface area (Å²) in [6.07, 6.45) is 1.25. The maximum atomic E-state index is 12.9. The van der Waals surface area contributed by atoms with Crippen LogP contribution < -0.4 is 5.32 Å². The first-order valence-electron chi connectivity index (χ1n) is 5.08. The van der Waals surface area contributed by atoms with Crippen molar-refractivity contribution in [3.05, 3.63) is 53.6 Å². The van der Waals surface area contributed by atoms with Crippen LogP contribution in [0.3, 0.4) is 0 Å². The molecule has 3 nitrogen and oxygen atoms in total. The van der Waals surface area contributed by atoms with Gasteiger partial charge in [-0.15, -0.1) is 0 Å². The summed E-state index contributed by atoms with van der Waals surface area (Å²) in [5.41, 5.74) is 0.680. The Morgan fingerprint density at radius 3 is 2.33 bits per heavy atom. The lowest BCUT2D eigenvalue weighted by Gasteiger charge is -2.07. The highest BCUT2D eigenvalue weighted by atomic mass is 19.2. The van der Waals surface area contributed by atoms with Gasteiger partial charge in [0.25, 0.3) is 0 Å². The highest BCUT2D eigenvalue weighted by Gasteiger charge is 2.10. The molecule has 0 bridgehead atoms. The van der Waals surface area contributed by atoms with Crippen LogP contribution in [0.25, 0.3) is 0 Å². The third-order valence-corrected chi connectivity index (χ3v) is 2.27. The highest BCUT2D eigenvalue weighted by molar-refractivity contribution is 5.44. The summed E-state index contributed by atoms with van der Waals surface area (Å²) in [5.74, 6) is -3.98. The van der Waals surface area contributed by atoms with E-state index in [9.17, 15) is 13.2 Å². The maximum absolute atomic E-state index is 12.9. The lowest BCUT2D eigenvalue weighted by molar-refractivity contribution is 0.447. The lowest BCUT2D eigenvalue weighted by Crippen LogP contribution is -2.03. The fourth-order valence-corrected chi connectivity index (χ4v) is 1.37. The predicted molar refractivity (Wildman–Crippen MR) is 59.5 cm³/mol. The molecule has 0 saturated carbocycles. The molecule has 0 aliphatic carbocycles. The second-order valence-corrected chi connectivity index (χ2v) is 3.62. The van der Waals surface area contributed by atoms with Crippen molar-refractivity contribution in [1.29, 1.82) is 0 Å². The van der Waals surface area contributed by atoms with Crippen LogP contribution in [-0.4, -0.2) is 10.1 Å². The molecule has 1 heterocycles. The first-order chi connectivity index (χ1) is 8.56. The Hall–Kier alpha value is -2.24. The van der Waals surface area contributed by atoms with Crippen molar-refractivity contribution in [3.8, 4) is 5.75 Å². The van der Waals surface area contributed by atoms with E-state index in [1.807, 2.05) is 0 Å². The number of anilines is 1. The van der Waals surface area contributed by atoms with Gasteiger partial charge in [-0.3, -0.25) is 4.98 Å². The van der Waals surface area contributed by atoms with E-state index >= 15 is 0 Å². The van der Waals surface area contributed by atoms with Crippen molar-refractivity contribution in [2.24, 2.45) is 0 Å². The molecule has 2 rings (SSSR count). The third-order valence-electron chi connectivity index (χ3n) is 2.27. The van der Waals surface area contributed by atoms with E-state index in [1.54, 1.807) is 6.07 Å². The van der Waals surface area contributed by atoms with Crippen LogP contribution in [0.2, 0.25) is 0 Å². The number of hydrogen-bond donors (Lipinski definition) is 2. The molecule has 0 spiro atoms. The minimum Gasteiger partial charge on any atom is -0.506 e. The number of halogens is 3. The van der Waals surface area contributed by atoms with Crippen LogP contribution in [-0.2, 0) is 6.54 Å². The van der Waals surface area contributed by atoms with Crippen molar-refractivity contribution >= 4 is 5.69 Å². The molecule has 1 aromatic carbocycles. The summed E-state index contributed by atoms with van der Waals surface area (Å²) in [5, 5.41) is 11.7. The zero-order chi connectivity index (χ0) is 13.1. The number of aromatic nitrogens is 1. The summed E-state index contributed by atoms with van der Waals surface area (Å²) in [7, 11) is 0. The molecule has 0 aliphatic heterocycles. The van der Waals surface area contributed by atoms with Gasteiger partial charge in [0, 0.05) is 17.8 Å². The van der Waals surface area contributed by atoms with Crippen LogP contribution in [0.4, 0.5) is 18.9 Å². The van der Waals surface area contributed by atoms with Crippen LogP contribution in [0.1, 0.15) is 5.69 Å². The summed E-state index contributed by atoms with van der Waals surface area (Å²) in [4.78, 5) is 3.88. The molecule has 6 heteroatoms. The standard InChI is InChI=1S/C12H9F3N2O/c13-10-3-8(4-11(14)12(10)15)16-5-7-1-2-9(18)6-17-7/h1-4,6,16,18H,5H2. The molecule has 0 aliphatic rings. The molecule has 94 valence electrons. The Morgan fingerprint density at radius 1 is 1.11 bits per heavy atom. The Morgan fingerprint density at radius 2 is 1.78 bits per heavy atom. The second kappa shape index (κ2) is 4.95. The molecular formula is C12H9F3N2O. The van der Waals surface area contributed by atoms with Crippen molar-refractivity contribution in [3.63, 3.8) is 0 Å². The summed E-state index contributed by atoms with van der Waals surface area (Å²) in [6.45, 7) is 0.199. The van der Waals surface area contributed by atoms with Gasteiger partial charge in [0.15, 0.2) is 17.5 Å². The van der Waals surface area contributed by atoms with Crippen LogP contribution >= 0.6 is 0 Å². The van der Waals surface area contributed by atoms with Gasteiger partial charge in [0.1, 0.15) is 5.75 Å². The SMILES string of the molecule is Oc1ccc(CNc2cc(F)c(F)c(F)c2)nc1. The normalized spacial score (nSPS) is 10.4. The average molecular weight is 254 g/mol. The number of hydrogen-bond acceptors (Lipinski definition) is 3. The largest absolute Gasteiger partial charge is 0.506 e. The first-order valence-corrected chi connectivity index (χ1v) is 5.08. The number of rotatable bonds is 3. The number of nitrogens with one attached hydrogen (secondary N) is 1. The van der Waals surface area contributed by atoms with Gasteiger partial charge in [-0.2, -0.15) is 0 Å². The molecule has 2 aromatic rings. The number of nitrogens with zero attached hydrogens (tertiary/aromatic N) is 1. The van der Waals surface area contributed by atoms with E-state index in [4.69, 9.17) is 5.11 Å². The number of aromatic hydroxyl groups is 1. The molecule has 0 amide bonds. The van der Waals surface area contributed by atoms with Gasteiger partial charge in [-0.05, 0) is 12.1 Å². The quantitative estimate of drug-likeness (QED) is 0.828. The molecule has 0 radical (unpaired) electrons. The van der Waals surface area contributed by atoms with Gasteiger partial charge in [0.2, 0.25) is 0 Å².